The van der Waals surface area contributed by atoms with Crippen molar-refractivity contribution < 1.29 is 4.79 Å². The summed E-state index contributed by atoms with van der Waals surface area (Å²) in [5.74, 6) is -0.314. The molecule has 4 nitrogen and oxygen atoms in total. The van der Waals surface area contributed by atoms with Gasteiger partial charge < -0.3 is 5.32 Å². The third-order valence-corrected chi connectivity index (χ3v) is 4.08. The number of aromatic nitrogens is 2. The number of amides is 1. The van der Waals surface area contributed by atoms with Crippen LogP contribution in [0.2, 0.25) is 5.15 Å². The number of fused-ring (bicyclic) bond motifs is 1. The van der Waals surface area contributed by atoms with Gasteiger partial charge in [-0.25, -0.2) is 9.97 Å². The molecular formula is C16H12ClN3OS. The molecule has 0 spiro atoms. The zero-order valence-corrected chi connectivity index (χ0v) is 13.3. The quantitative estimate of drug-likeness (QED) is 0.576. The molecule has 0 bridgehead atoms. The highest BCUT2D eigenvalue weighted by Crippen LogP contribution is 2.23. The number of hydrogen-bond donors (Lipinski definition) is 1. The van der Waals surface area contributed by atoms with Crippen molar-refractivity contribution in [1.82, 2.24) is 9.97 Å². The number of carbonyl (C=O) groups is 1. The molecule has 2 aromatic heterocycles. The lowest BCUT2D eigenvalue weighted by Crippen LogP contribution is -2.14. The van der Waals surface area contributed by atoms with Crippen molar-refractivity contribution in [1.29, 1.82) is 0 Å². The number of hydrogen-bond acceptors (Lipinski definition) is 4. The first kappa shape index (κ1) is 14.8. The summed E-state index contributed by atoms with van der Waals surface area (Å²) in [5.41, 5.74) is 0.895. The van der Waals surface area contributed by atoms with E-state index in [1.54, 1.807) is 30.1 Å². The van der Waals surface area contributed by atoms with Crippen molar-refractivity contribution in [2.45, 2.75) is 5.03 Å². The van der Waals surface area contributed by atoms with Crippen LogP contribution in [0.5, 0.6) is 0 Å². The normalized spacial score (nSPS) is 10.6. The molecule has 22 heavy (non-hydrogen) atoms. The lowest BCUT2D eigenvalue weighted by molar-refractivity contribution is 0.102. The molecule has 6 heteroatoms. The molecule has 0 atom stereocenters. The number of pyridine rings is 2. The van der Waals surface area contributed by atoms with Crippen molar-refractivity contribution >= 4 is 45.7 Å². The largest absolute Gasteiger partial charge is 0.319 e. The third-order valence-electron chi connectivity index (χ3n) is 3.13. The van der Waals surface area contributed by atoms with Crippen molar-refractivity contribution in [3.05, 3.63) is 59.5 Å². The first-order valence-electron chi connectivity index (χ1n) is 6.54. The summed E-state index contributed by atoms with van der Waals surface area (Å²) < 4.78 is 0. The minimum absolute atomic E-state index is 0.276. The van der Waals surface area contributed by atoms with Crippen LogP contribution in [-0.2, 0) is 0 Å². The van der Waals surface area contributed by atoms with Crippen LogP contribution in [0.25, 0.3) is 10.8 Å². The predicted octanol–water partition coefficient (Wildman–Crippen LogP) is 4.26. The van der Waals surface area contributed by atoms with Crippen molar-refractivity contribution in [3.8, 4) is 0 Å². The Kier molecular flexibility index (Phi) is 4.27. The molecule has 1 amide bonds. The molecule has 0 aliphatic heterocycles. The van der Waals surface area contributed by atoms with Gasteiger partial charge in [0.05, 0.1) is 16.9 Å². The zero-order valence-electron chi connectivity index (χ0n) is 11.7. The van der Waals surface area contributed by atoms with E-state index < -0.39 is 0 Å². The molecule has 1 aromatic carbocycles. The lowest BCUT2D eigenvalue weighted by atomic mass is 10.1. The summed E-state index contributed by atoms with van der Waals surface area (Å²) in [4.78, 5) is 20.7. The molecule has 0 fully saturated rings. The van der Waals surface area contributed by atoms with E-state index in [1.165, 1.54) is 0 Å². The number of halogens is 1. The maximum Gasteiger partial charge on any atom is 0.274 e. The third kappa shape index (κ3) is 3.05. The fourth-order valence-electron chi connectivity index (χ4n) is 2.04. The van der Waals surface area contributed by atoms with Crippen LogP contribution < -0.4 is 5.32 Å². The van der Waals surface area contributed by atoms with E-state index in [0.717, 1.165) is 15.8 Å². The van der Waals surface area contributed by atoms with Gasteiger partial charge in [0, 0.05) is 5.39 Å². The van der Waals surface area contributed by atoms with Gasteiger partial charge in [-0.2, -0.15) is 0 Å². The standard InChI is InChI=1S/C16H12ClN3OS/c1-22-14-7-6-11(9-18-14)19-16(21)13-8-10-4-2-3-5-12(10)15(17)20-13/h2-9H,1H3,(H,19,21). The molecule has 1 N–H and O–H groups in total. The highest BCUT2D eigenvalue weighted by atomic mass is 35.5. The van der Waals surface area contributed by atoms with Crippen molar-refractivity contribution in [3.63, 3.8) is 0 Å². The SMILES string of the molecule is CSc1ccc(NC(=O)c2cc3ccccc3c(Cl)n2)cn1. The van der Waals surface area contributed by atoms with Gasteiger partial charge in [0.1, 0.15) is 10.8 Å². The molecule has 0 radical (unpaired) electrons. The zero-order chi connectivity index (χ0) is 15.5. The Morgan fingerprint density at radius 2 is 2.05 bits per heavy atom. The molecule has 3 aromatic rings. The van der Waals surface area contributed by atoms with E-state index in [1.807, 2.05) is 36.6 Å². The number of nitrogens with one attached hydrogen (secondary N) is 1. The Hall–Kier alpha value is -2.11. The van der Waals surface area contributed by atoms with Crippen LogP contribution in [0, 0.1) is 0 Å². The van der Waals surface area contributed by atoms with Gasteiger partial charge in [0.25, 0.3) is 5.91 Å². The van der Waals surface area contributed by atoms with Crippen LogP contribution in [0.1, 0.15) is 10.5 Å². The van der Waals surface area contributed by atoms with Crippen LogP contribution in [0.15, 0.2) is 53.7 Å². The van der Waals surface area contributed by atoms with Gasteiger partial charge in [-0.05, 0) is 29.8 Å². The fourth-order valence-corrected chi connectivity index (χ4v) is 2.67. The number of nitrogens with zero attached hydrogens (tertiary/aromatic N) is 2. The van der Waals surface area contributed by atoms with E-state index in [9.17, 15) is 4.79 Å². The lowest BCUT2D eigenvalue weighted by Gasteiger charge is -2.07. The average Bonchev–Trinajstić information content (AvgIpc) is 2.55. The minimum atomic E-state index is -0.314. The minimum Gasteiger partial charge on any atom is -0.319 e. The number of thioether (sulfide) groups is 1. The first-order valence-corrected chi connectivity index (χ1v) is 8.14. The average molecular weight is 330 g/mol. The summed E-state index contributed by atoms with van der Waals surface area (Å²) in [7, 11) is 0. The topological polar surface area (TPSA) is 54.9 Å². The Balaban J connectivity index is 1.88. The maximum atomic E-state index is 12.3. The molecule has 2 heterocycles. The van der Waals surface area contributed by atoms with E-state index in [4.69, 9.17) is 11.6 Å². The highest BCUT2D eigenvalue weighted by Gasteiger charge is 2.11. The van der Waals surface area contributed by atoms with Gasteiger partial charge in [0.15, 0.2) is 0 Å². The second-order valence-corrected chi connectivity index (χ2v) is 5.75. The molecule has 0 saturated heterocycles. The molecule has 0 unspecified atom stereocenters. The Morgan fingerprint density at radius 1 is 1.23 bits per heavy atom. The summed E-state index contributed by atoms with van der Waals surface area (Å²) in [6.45, 7) is 0. The van der Waals surface area contributed by atoms with Crippen molar-refractivity contribution in [2.24, 2.45) is 0 Å². The van der Waals surface area contributed by atoms with Gasteiger partial charge in [-0.15, -0.1) is 11.8 Å². The molecular weight excluding hydrogens is 318 g/mol. The molecule has 0 aliphatic rings. The Bertz CT molecular complexity index is 836. The Labute approximate surface area is 136 Å². The number of benzene rings is 1. The van der Waals surface area contributed by atoms with Gasteiger partial charge >= 0.3 is 0 Å². The van der Waals surface area contributed by atoms with E-state index >= 15 is 0 Å². The summed E-state index contributed by atoms with van der Waals surface area (Å²) in [6, 6.07) is 12.9. The smallest absolute Gasteiger partial charge is 0.274 e. The fraction of sp³-hybridized carbons (Fsp3) is 0.0625. The summed E-state index contributed by atoms with van der Waals surface area (Å²) in [5, 5.41) is 5.69. The predicted molar refractivity (Wildman–Crippen MR) is 90.7 cm³/mol. The van der Waals surface area contributed by atoms with E-state index in [0.29, 0.717) is 10.8 Å². The number of carbonyl (C=O) groups excluding carboxylic acids is 1. The maximum absolute atomic E-state index is 12.3. The summed E-state index contributed by atoms with van der Waals surface area (Å²) >= 11 is 7.69. The van der Waals surface area contributed by atoms with E-state index in [-0.39, 0.29) is 11.6 Å². The summed E-state index contributed by atoms with van der Waals surface area (Å²) in [6.07, 6.45) is 3.56. The molecule has 3 rings (SSSR count). The van der Waals surface area contributed by atoms with Gasteiger partial charge in [-0.1, -0.05) is 35.9 Å². The molecule has 110 valence electrons. The molecule has 0 saturated carbocycles. The van der Waals surface area contributed by atoms with Crippen LogP contribution in [-0.4, -0.2) is 22.1 Å². The highest BCUT2D eigenvalue weighted by molar-refractivity contribution is 7.98. The van der Waals surface area contributed by atoms with Gasteiger partial charge in [0.2, 0.25) is 0 Å². The second kappa shape index (κ2) is 6.34. The number of rotatable bonds is 3. The van der Waals surface area contributed by atoms with Gasteiger partial charge in [-0.3, -0.25) is 4.79 Å². The van der Waals surface area contributed by atoms with Crippen molar-refractivity contribution in [2.75, 3.05) is 11.6 Å². The van der Waals surface area contributed by atoms with E-state index in [2.05, 4.69) is 15.3 Å². The van der Waals surface area contributed by atoms with Crippen LogP contribution in [0.4, 0.5) is 5.69 Å². The van der Waals surface area contributed by atoms with Crippen LogP contribution in [0.3, 0.4) is 0 Å². The molecule has 0 aliphatic carbocycles. The monoisotopic (exact) mass is 329 g/mol. The first-order chi connectivity index (χ1) is 10.7. The Morgan fingerprint density at radius 3 is 2.77 bits per heavy atom. The number of anilines is 1. The second-order valence-electron chi connectivity index (χ2n) is 4.56. The van der Waals surface area contributed by atoms with Crippen LogP contribution >= 0.6 is 23.4 Å².